The van der Waals surface area contributed by atoms with Gasteiger partial charge in [-0.3, -0.25) is 19.4 Å². The number of hydrogen-bond donors (Lipinski definition) is 1. The molecule has 7 nitrogen and oxygen atoms in total. The SMILES string of the molecule is CC(=O)NC1CN(C(=O)c2cccc3cccnc23)C2(CCN(C(C)=O)CC2)C1. The van der Waals surface area contributed by atoms with Crippen LogP contribution in [0.2, 0.25) is 0 Å². The van der Waals surface area contributed by atoms with Crippen molar-refractivity contribution in [3.8, 4) is 0 Å². The Morgan fingerprint density at radius 3 is 2.52 bits per heavy atom. The summed E-state index contributed by atoms with van der Waals surface area (Å²) >= 11 is 0. The van der Waals surface area contributed by atoms with E-state index in [-0.39, 0.29) is 29.3 Å². The first kappa shape index (κ1) is 19.4. The molecule has 4 rings (SSSR count). The average molecular weight is 394 g/mol. The number of rotatable bonds is 2. The number of likely N-dealkylation sites (tertiary alicyclic amines) is 2. The molecule has 1 aromatic carbocycles. The van der Waals surface area contributed by atoms with Gasteiger partial charge in [0.25, 0.3) is 5.91 Å². The molecule has 152 valence electrons. The Morgan fingerprint density at radius 2 is 1.83 bits per heavy atom. The normalized spacial score (nSPS) is 20.8. The number of aromatic nitrogens is 1. The van der Waals surface area contributed by atoms with Gasteiger partial charge in [0.1, 0.15) is 0 Å². The number of para-hydroxylation sites is 1. The Labute approximate surface area is 170 Å². The lowest BCUT2D eigenvalue weighted by molar-refractivity contribution is -0.131. The molecule has 1 N–H and O–H groups in total. The zero-order chi connectivity index (χ0) is 20.6. The number of pyridine rings is 1. The van der Waals surface area contributed by atoms with Gasteiger partial charge in [-0.25, -0.2) is 0 Å². The van der Waals surface area contributed by atoms with Gasteiger partial charge >= 0.3 is 0 Å². The summed E-state index contributed by atoms with van der Waals surface area (Å²) in [5.41, 5.74) is 0.923. The maximum Gasteiger partial charge on any atom is 0.256 e. The van der Waals surface area contributed by atoms with Crippen molar-refractivity contribution in [3.63, 3.8) is 0 Å². The summed E-state index contributed by atoms with van der Waals surface area (Å²) in [7, 11) is 0. The molecule has 1 unspecified atom stereocenters. The third-order valence-corrected chi connectivity index (χ3v) is 6.26. The maximum atomic E-state index is 13.7. The molecule has 29 heavy (non-hydrogen) atoms. The topological polar surface area (TPSA) is 82.6 Å². The van der Waals surface area contributed by atoms with Crippen LogP contribution in [0, 0.1) is 0 Å². The molecule has 3 amide bonds. The van der Waals surface area contributed by atoms with E-state index in [9.17, 15) is 14.4 Å². The summed E-state index contributed by atoms with van der Waals surface area (Å²) in [5, 5.41) is 3.92. The average Bonchev–Trinajstić information content (AvgIpc) is 3.04. The molecule has 2 aliphatic rings. The molecule has 0 bridgehead atoms. The van der Waals surface area contributed by atoms with Crippen molar-refractivity contribution in [2.45, 2.75) is 44.7 Å². The monoisotopic (exact) mass is 394 g/mol. The van der Waals surface area contributed by atoms with E-state index in [0.29, 0.717) is 50.0 Å². The van der Waals surface area contributed by atoms with Gasteiger partial charge in [0.05, 0.1) is 11.1 Å². The predicted octanol–water partition coefficient (Wildman–Crippen LogP) is 1.97. The van der Waals surface area contributed by atoms with Gasteiger partial charge in [0.15, 0.2) is 0 Å². The molecule has 1 atom stereocenters. The van der Waals surface area contributed by atoms with Gasteiger partial charge in [-0.05, 0) is 31.4 Å². The minimum atomic E-state index is -0.354. The second kappa shape index (κ2) is 7.46. The van der Waals surface area contributed by atoms with Crippen molar-refractivity contribution < 1.29 is 14.4 Å². The quantitative estimate of drug-likeness (QED) is 0.844. The molecule has 0 saturated carbocycles. The molecule has 3 heterocycles. The summed E-state index contributed by atoms with van der Waals surface area (Å²) in [6.07, 6.45) is 3.84. The minimum Gasteiger partial charge on any atom is -0.352 e. The van der Waals surface area contributed by atoms with E-state index in [1.165, 1.54) is 6.92 Å². The highest BCUT2D eigenvalue weighted by atomic mass is 16.2. The van der Waals surface area contributed by atoms with Gasteiger partial charge in [-0.2, -0.15) is 0 Å². The molecule has 2 aromatic rings. The summed E-state index contributed by atoms with van der Waals surface area (Å²) in [6, 6.07) is 9.38. The molecule has 0 radical (unpaired) electrons. The molecular weight excluding hydrogens is 368 g/mol. The number of carbonyl (C=O) groups excluding carboxylic acids is 3. The summed E-state index contributed by atoms with van der Waals surface area (Å²) < 4.78 is 0. The van der Waals surface area contributed by atoms with E-state index < -0.39 is 0 Å². The minimum absolute atomic E-state index is 0.0570. The fourth-order valence-corrected chi connectivity index (χ4v) is 4.86. The zero-order valence-corrected chi connectivity index (χ0v) is 16.9. The van der Waals surface area contributed by atoms with Crippen LogP contribution >= 0.6 is 0 Å². The summed E-state index contributed by atoms with van der Waals surface area (Å²) in [5.74, 6) is -0.0849. The molecule has 0 aliphatic carbocycles. The van der Waals surface area contributed by atoms with E-state index in [1.54, 1.807) is 13.1 Å². The largest absolute Gasteiger partial charge is 0.352 e. The van der Waals surface area contributed by atoms with Gasteiger partial charge in [-0.1, -0.05) is 18.2 Å². The highest BCUT2D eigenvalue weighted by Gasteiger charge is 2.50. The lowest BCUT2D eigenvalue weighted by Gasteiger charge is -2.44. The van der Waals surface area contributed by atoms with Crippen molar-refractivity contribution in [2.75, 3.05) is 19.6 Å². The second-order valence-corrected chi connectivity index (χ2v) is 8.13. The van der Waals surface area contributed by atoms with Crippen LogP contribution in [0.25, 0.3) is 10.9 Å². The van der Waals surface area contributed by atoms with Crippen molar-refractivity contribution in [1.82, 2.24) is 20.1 Å². The molecule has 1 spiro atoms. The Balaban J connectivity index is 1.68. The Hall–Kier alpha value is -2.96. The predicted molar refractivity (Wildman–Crippen MR) is 109 cm³/mol. The Morgan fingerprint density at radius 1 is 1.10 bits per heavy atom. The number of benzene rings is 1. The van der Waals surface area contributed by atoms with Crippen molar-refractivity contribution in [1.29, 1.82) is 0 Å². The highest BCUT2D eigenvalue weighted by Crippen LogP contribution is 2.40. The Kier molecular flexibility index (Phi) is 4.98. The third kappa shape index (κ3) is 3.57. The van der Waals surface area contributed by atoms with Crippen LogP contribution in [0.4, 0.5) is 0 Å². The number of amides is 3. The van der Waals surface area contributed by atoms with Crippen LogP contribution in [0.15, 0.2) is 36.5 Å². The summed E-state index contributed by atoms with van der Waals surface area (Å²) in [6.45, 7) is 4.81. The van der Waals surface area contributed by atoms with Crippen molar-refractivity contribution in [2.24, 2.45) is 0 Å². The maximum absolute atomic E-state index is 13.7. The second-order valence-electron chi connectivity index (χ2n) is 8.13. The van der Waals surface area contributed by atoms with Crippen LogP contribution in [-0.2, 0) is 9.59 Å². The third-order valence-electron chi connectivity index (χ3n) is 6.26. The van der Waals surface area contributed by atoms with Crippen LogP contribution in [0.3, 0.4) is 0 Å². The molecule has 1 aromatic heterocycles. The van der Waals surface area contributed by atoms with Crippen molar-refractivity contribution >= 4 is 28.6 Å². The summed E-state index contributed by atoms with van der Waals surface area (Å²) in [4.78, 5) is 45.3. The lowest BCUT2D eigenvalue weighted by atomic mass is 9.83. The van der Waals surface area contributed by atoms with Crippen molar-refractivity contribution in [3.05, 3.63) is 42.1 Å². The number of piperidine rings is 1. The molecule has 2 saturated heterocycles. The van der Waals surface area contributed by atoms with Crippen LogP contribution in [0.5, 0.6) is 0 Å². The standard InChI is InChI=1S/C22H26N4O3/c1-15(27)24-18-13-22(8-11-25(12-9-22)16(2)28)26(14-18)21(29)19-7-3-5-17-6-4-10-23-20(17)19/h3-7,10,18H,8-9,11-14H2,1-2H3,(H,24,27). The molecule has 7 heteroatoms. The number of hydrogen-bond acceptors (Lipinski definition) is 4. The lowest BCUT2D eigenvalue weighted by Crippen LogP contribution is -2.54. The van der Waals surface area contributed by atoms with Gasteiger partial charge < -0.3 is 15.1 Å². The highest BCUT2D eigenvalue weighted by molar-refractivity contribution is 6.05. The van der Waals surface area contributed by atoms with E-state index in [1.807, 2.05) is 40.1 Å². The van der Waals surface area contributed by atoms with E-state index >= 15 is 0 Å². The molecule has 2 aliphatic heterocycles. The van der Waals surface area contributed by atoms with Crippen LogP contribution in [0.1, 0.15) is 43.5 Å². The fraction of sp³-hybridized carbons (Fsp3) is 0.455. The first-order chi connectivity index (χ1) is 13.9. The van der Waals surface area contributed by atoms with Crippen LogP contribution < -0.4 is 5.32 Å². The number of nitrogens with one attached hydrogen (secondary N) is 1. The van der Waals surface area contributed by atoms with E-state index in [2.05, 4.69) is 10.3 Å². The Bertz CT molecular complexity index is 960. The van der Waals surface area contributed by atoms with E-state index in [0.717, 1.165) is 5.39 Å². The van der Waals surface area contributed by atoms with Gasteiger partial charge in [0.2, 0.25) is 11.8 Å². The van der Waals surface area contributed by atoms with Crippen LogP contribution in [-0.4, -0.2) is 63.7 Å². The smallest absolute Gasteiger partial charge is 0.256 e. The zero-order valence-electron chi connectivity index (χ0n) is 16.9. The van der Waals surface area contributed by atoms with Gasteiger partial charge in [0, 0.05) is 56.6 Å². The molecule has 2 fully saturated rings. The number of nitrogens with zero attached hydrogens (tertiary/aromatic N) is 3. The number of fused-ring (bicyclic) bond motifs is 1. The first-order valence-electron chi connectivity index (χ1n) is 10.1. The van der Waals surface area contributed by atoms with Gasteiger partial charge in [-0.15, -0.1) is 0 Å². The number of carbonyl (C=O) groups is 3. The first-order valence-corrected chi connectivity index (χ1v) is 10.1. The fourth-order valence-electron chi connectivity index (χ4n) is 4.86. The van der Waals surface area contributed by atoms with E-state index in [4.69, 9.17) is 0 Å². The molecular formula is C22H26N4O3.